The van der Waals surface area contributed by atoms with Crippen LogP contribution in [0.2, 0.25) is 0 Å². The lowest BCUT2D eigenvalue weighted by atomic mass is 9.89. The van der Waals surface area contributed by atoms with Crippen LogP contribution in [0, 0.1) is 5.92 Å². The first-order valence-electron chi connectivity index (χ1n) is 9.43. The van der Waals surface area contributed by atoms with Crippen molar-refractivity contribution in [1.29, 1.82) is 0 Å². The van der Waals surface area contributed by atoms with E-state index in [9.17, 15) is 19.8 Å². The summed E-state index contributed by atoms with van der Waals surface area (Å²) in [5.74, 6) is -1.28. The first kappa shape index (κ1) is 20.7. The van der Waals surface area contributed by atoms with Gasteiger partial charge in [0.15, 0.2) is 5.78 Å². The van der Waals surface area contributed by atoms with E-state index in [-0.39, 0.29) is 34.3 Å². The zero-order valence-corrected chi connectivity index (χ0v) is 16.7. The molecule has 0 aliphatic carbocycles. The molecule has 0 saturated carbocycles. The van der Waals surface area contributed by atoms with Crippen LogP contribution in [-0.2, 0) is 12.8 Å². The number of Topliss-reactive ketones (excluding diaryl/α,β-unsaturated/α-hetero) is 1. The lowest BCUT2D eigenvalue weighted by Gasteiger charge is -2.17. The Morgan fingerprint density at radius 3 is 2.44 bits per heavy atom. The van der Waals surface area contributed by atoms with Gasteiger partial charge in [0.2, 0.25) is 0 Å². The summed E-state index contributed by atoms with van der Waals surface area (Å²) >= 11 is 0. The summed E-state index contributed by atoms with van der Waals surface area (Å²) in [6, 6.07) is 1.35. The Morgan fingerprint density at radius 2 is 1.89 bits per heavy atom. The number of fused-ring (bicyclic) bond motifs is 1. The predicted octanol–water partition coefficient (Wildman–Crippen LogP) is 4.89. The fraction of sp³-hybridized carbons (Fsp3) is 0.455. The highest BCUT2D eigenvalue weighted by Gasteiger charge is 2.28. The van der Waals surface area contributed by atoms with Crippen LogP contribution < -0.4 is 5.63 Å². The molecule has 2 aromatic rings. The summed E-state index contributed by atoms with van der Waals surface area (Å²) in [7, 11) is 0. The normalized spacial score (nSPS) is 12.2. The van der Waals surface area contributed by atoms with Gasteiger partial charge in [-0.3, -0.25) is 4.79 Å². The maximum Gasteiger partial charge on any atom is 0.336 e. The van der Waals surface area contributed by atoms with Crippen LogP contribution in [0.3, 0.4) is 0 Å². The van der Waals surface area contributed by atoms with Crippen molar-refractivity contribution in [2.24, 2.45) is 5.92 Å². The molecule has 0 aliphatic rings. The molecular formula is C22H28O5. The summed E-state index contributed by atoms with van der Waals surface area (Å²) in [6.07, 6.45) is 4.08. The van der Waals surface area contributed by atoms with Gasteiger partial charge in [0.25, 0.3) is 0 Å². The molecule has 0 bridgehead atoms. The van der Waals surface area contributed by atoms with Gasteiger partial charge in [0.1, 0.15) is 22.6 Å². The quantitative estimate of drug-likeness (QED) is 0.410. The zero-order chi connectivity index (χ0) is 20.3. The number of allylic oxidation sites excluding steroid dienone is 2. The molecule has 0 saturated heterocycles. The molecule has 0 amide bonds. The van der Waals surface area contributed by atoms with Crippen molar-refractivity contribution in [2.75, 3.05) is 0 Å². The number of hydrogen-bond acceptors (Lipinski definition) is 5. The Labute approximate surface area is 159 Å². The van der Waals surface area contributed by atoms with E-state index < -0.39 is 5.63 Å². The number of aromatic hydroxyl groups is 2. The van der Waals surface area contributed by atoms with Gasteiger partial charge in [-0.25, -0.2) is 4.79 Å². The van der Waals surface area contributed by atoms with E-state index in [0.717, 1.165) is 12.0 Å². The number of phenolic OH excluding ortho intramolecular Hbond substituents is 2. The molecule has 0 aliphatic heterocycles. The van der Waals surface area contributed by atoms with E-state index in [0.29, 0.717) is 35.8 Å². The van der Waals surface area contributed by atoms with E-state index >= 15 is 0 Å². The molecule has 1 atom stereocenters. The monoisotopic (exact) mass is 372 g/mol. The molecule has 0 spiro atoms. The van der Waals surface area contributed by atoms with Crippen LogP contribution in [-0.4, -0.2) is 16.0 Å². The summed E-state index contributed by atoms with van der Waals surface area (Å²) < 4.78 is 5.38. The molecule has 1 heterocycles. The molecule has 2 N–H and O–H groups in total. The standard InChI is InChI=1S/C22H28O5/c1-6-8-14-11-16(23)27-22-15(10-9-12(3)4)20(25)18(21(26)17(14)22)19(24)13(5)7-2/h9,11,13,25-26H,6-8,10H2,1-5H3/t13-/m1/s1. The number of carbonyl (C=O) groups excluding carboxylic acids is 1. The summed E-state index contributed by atoms with van der Waals surface area (Å²) in [5.41, 5.74) is 1.53. The fourth-order valence-corrected chi connectivity index (χ4v) is 3.14. The van der Waals surface area contributed by atoms with Crippen molar-refractivity contribution < 1.29 is 19.4 Å². The maximum atomic E-state index is 12.9. The van der Waals surface area contributed by atoms with Gasteiger partial charge < -0.3 is 14.6 Å². The van der Waals surface area contributed by atoms with E-state index in [1.165, 1.54) is 6.07 Å². The molecule has 1 aromatic heterocycles. The zero-order valence-electron chi connectivity index (χ0n) is 16.7. The second kappa shape index (κ2) is 8.42. The minimum absolute atomic E-state index is 0.0831. The van der Waals surface area contributed by atoms with Crippen molar-refractivity contribution in [1.82, 2.24) is 0 Å². The highest BCUT2D eigenvalue weighted by Crippen LogP contribution is 2.42. The van der Waals surface area contributed by atoms with Crippen molar-refractivity contribution in [3.63, 3.8) is 0 Å². The summed E-state index contributed by atoms with van der Waals surface area (Å²) in [5, 5.41) is 22.1. The van der Waals surface area contributed by atoms with Crippen molar-refractivity contribution in [3.8, 4) is 11.5 Å². The Morgan fingerprint density at radius 1 is 1.22 bits per heavy atom. The van der Waals surface area contributed by atoms with E-state index in [2.05, 4.69) is 0 Å². The Hall–Kier alpha value is -2.56. The summed E-state index contributed by atoms with van der Waals surface area (Å²) in [4.78, 5) is 24.9. The third-order valence-electron chi connectivity index (χ3n) is 4.85. The molecule has 0 unspecified atom stereocenters. The first-order valence-corrected chi connectivity index (χ1v) is 9.43. The molecule has 5 heteroatoms. The van der Waals surface area contributed by atoms with Gasteiger partial charge in [-0.15, -0.1) is 0 Å². The molecular weight excluding hydrogens is 344 g/mol. The number of benzene rings is 1. The van der Waals surface area contributed by atoms with E-state index in [1.807, 2.05) is 33.8 Å². The number of carbonyl (C=O) groups is 1. The molecule has 0 radical (unpaired) electrons. The van der Waals surface area contributed by atoms with Crippen LogP contribution in [0.1, 0.15) is 68.9 Å². The average Bonchev–Trinajstić information content (AvgIpc) is 2.60. The average molecular weight is 372 g/mol. The largest absolute Gasteiger partial charge is 0.507 e. The highest BCUT2D eigenvalue weighted by molar-refractivity contribution is 6.09. The Balaban J connectivity index is 2.97. The molecule has 0 fully saturated rings. The molecule has 27 heavy (non-hydrogen) atoms. The number of phenols is 2. The fourth-order valence-electron chi connectivity index (χ4n) is 3.14. The number of ketones is 1. The predicted molar refractivity (Wildman–Crippen MR) is 107 cm³/mol. The maximum absolute atomic E-state index is 12.9. The molecule has 1 aromatic carbocycles. The lowest BCUT2D eigenvalue weighted by Crippen LogP contribution is -2.13. The summed E-state index contributed by atoms with van der Waals surface area (Å²) in [6.45, 7) is 9.45. The SMILES string of the molecule is CCCc1cc(=O)oc2c(CC=C(C)C)c(O)c(C(=O)[C@H](C)CC)c(O)c12. The Kier molecular flexibility index (Phi) is 6.47. The smallest absolute Gasteiger partial charge is 0.336 e. The van der Waals surface area contributed by atoms with E-state index in [4.69, 9.17) is 4.42 Å². The highest BCUT2D eigenvalue weighted by atomic mass is 16.4. The number of aryl methyl sites for hydroxylation is 1. The van der Waals surface area contributed by atoms with E-state index in [1.54, 1.807) is 6.92 Å². The second-order valence-electron chi connectivity index (χ2n) is 7.25. The Bertz CT molecular complexity index is 946. The van der Waals surface area contributed by atoms with Crippen molar-refractivity contribution in [2.45, 2.75) is 60.3 Å². The molecule has 146 valence electrons. The third kappa shape index (κ3) is 4.07. The topological polar surface area (TPSA) is 87.7 Å². The molecule has 2 rings (SSSR count). The van der Waals surface area contributed by atoms with Crippen LogP contribution in [0.15, 0.2) is 26.9 Å². The van der Waals surface area contributed by atoms with Crippen molar-refractivity contribution in [3.05, 3.63) is 44.8 Å². The van der Waals surface area contributed by atoms with Gasteiger partial charge in [-0.05, 0) is 38.7 Å². The lowest BCUT2D eigenvalue weighted by molar-refractivity contribution is 0.0921. The third-order valence-corrected chi connectivity index (χ3v) is 4.85. The first-order chi connectivity index (χ1) is 12.7. The second-order valence-corrected chi connectivity index (χ2v) is 7.25. The van der Waals surface area contributed by atoms with Gasteiger partial charge in [0.05, 0.1) is 5.39 Å². The van der Waals surface area contributed by atoms with Gasteiger partial charge >= 0.3 is 5.63 Å². The van der Waals surface area contributed by atoms with Gasteiger partial charge in [-0.1, -0.05) is 38.8 Å². The van der Waals surface area contributed by atoms with Gasteiger partial charge in [-0.2, -0.15) is 0 Å². The van der Waals surface area contributed by atoms with Gasteiger partial charge in [0, 0.05) is 17.5 Å². The molecule has 5 nitrogen and oxygen atoms in total. The number of rotatable bonds is 7. The van der Waals surface area contributed by atoms with Crippen LogP contribution >= 0.6 is 0 Å². The minimum Gasteiger partial charge on any atom is -0.507 e. The van der Waals surface area contributed by atoms with Crippen LogP contribution in [0.4, 0.5) is 0 Å². The minimum atomic E-state index is -0.538. The van der Waals surface area contributed by atoms with Crippen LogP contribution in [0.25, 0.3) is 11.0 Å². The van der Waals surface area contributed by atoms with Crippen molar-refractivity contribution >= 4 is 16.8 Å². The number of hydrogen-bond donors (Lipinski definition) is 2. The van der Waals surface area contributed by atoms with Crippen LogP contribution in [0.5, 0.6) is 11.5 Å².